The average Bonchev–Trinajstić information content (AvgIpc) is 2.57. The average molecular weight is 407 g/mol. The molecular weight excluding hydrogens is 371 g/mol. The van der Waals surface area contributed by atoms with Gasteiger partial charge in [0.25, 0.3) is 0 Å². The molecule has 124 valence electrons. The van der Waals surface area contributed by atoms with Crippen LogP contribution in [0.3, 0.4) is 0 Å². The van der Waals surface area contributed by atoms with E-state index in [1.807, 2.05) is 0 Å². The molecule has 0 radical (unpaired) electrons. The molecule has 0 N–H and O–H groups in total. The summed E-state index contributed by atoms with van der Waals surface area (Å²) in [5, 5.41) is 0. The van der Waals surface area contributed by atoms with Crippen molar-refractivity contribution < 1.29 is 0 Å². The summed E-state index contributed by atoms with van der Waals surface area (Å²) in [5.74, 6) is 0. The number of unbranched alkanes of at least 4 members (excludes halogenated alkanes) is 3. The van der Waals surface area contributed by atoms with E-state index in [1.165, 1.54) is 38.5 Å². The van der Waals surface area contributed by atoms with Crippen LogP contribution in [0.4, 0.5) is 0 Å². The van der Waals surface area contributed by atoms with Gasteiger partial charge in [0.15, 0.2) is 0 Å². The predicted octanol–water partition coefficient (Wildman–Crippen LogP) is 7.34. The van der Waals surface area contributed by atoms with Crippen molar-refractivity contribution in [1.29, 1.82) is 0 Å². The molecule has 1 aromatic carbocycles. The summed E-state index contributed by atoms with van der Waals surface area (Å²) in [6.07, 6.45) is 10.6. The third-order valence-corrected chi connectivity index (χ3v) is 22.1. The molecule has 1 heteroatoms. The van der Waals surface area contributed by atoms with Crippen molar-refractivity contribution in [3.8, 4) is 0 Å². The Kier molecular flexibility index (Phi) is 10.2. The summed E-state index contributed by atoms with van der Waals surface area (Å²) in [4.78, 5) is 0. The van der Waals surface area contributed by atoms with Crippen LogP contribution in [0.5, 0.6) is 0 Å². The van der Waals surface area contributed by atoms with Crippen LogP contribution >= 0.6 is 0 Å². The molecule has 0 aromatic heterocycles. The van der Waals surface area contributed by atoms with E-state index in [-0.39, 0.29) is 0 Å². The summed E-state index contributed by atoms with van der Waals surface area (Å²) in [6.45, 7) is 11.3. The van der Waals surface area contributed by atoms with Gasteiger partial charge in [-0.05, 0) is 0 Å². The molecule has 0 heterocycles. The van der Waals surface area contributed by atoms with Crippen LogP contribution in [-0.2, 0) is 0 Å². The Bertz CT molecular complexity index is 374. The third kappa shape index (κ3) is 5.75. The van der Waals surface area contributed by atoms with Gasteiger partial charge >= 0.3 is 143 Å². The fourth-order valence-corrected chi connectivity index (χ4v) is 21.7. The van der Waals surface area contributed by atoms with E-state index in [2.05, 4.69) is 63.8 Å². The van der Waals surface area contributed by atoms with Crippen LogP contribution in [0.15, 0.2) is 43.0 Å². The Morgan fingerprint density at radius 2 is 1.32 bits per heavy atom. The molecule has 1 atom stereocenters. The van der Waals surface area contributed by atoms with Crippen molar-refractivity contribution in [2.75, 3.05) is 0 Å². The Balaban J connectivity index is 3.12. The zero-order valence-corrected chi connectivity index (χ0v) is 18.0. The van der Waals surface area contributed by atoms with E-state index in [0.29, 0.717) is 3.93 Å². The van der Waals surface area contributed by atoms with Gasteiger partial charge in [-0.15, -0.1) is 0 Å². The molecule has 0 aliphatic heterocycles. The number of allylic oxidation sites excluding steroid dienone is 1. The molecule has 1 aromatic rings. The van der Waals surface area contributed by atoms with Crippen molar-refractivity contribution in [3.63, 3.8) is 0 Å². The summed E-state index contributed by atoms with van der Waals surface area (Å²) in [5.41, 5.74) is 1.55. The second-order valence-corrected chi connectivity index (χ2v) is 20.6. The van der Waals surface area contributed by atoms with Crippen LogP contribution in [-0.4, -0.2) is 18.4 Å². The van der Waals surface area contributed by atoms with Gasteiger partial charge in [-0.2, -0.15) is 0 Å². The summed E-state index contributed by atoms with van der Waals surface area (Å²) in [7, 11) is 0. The number of rotatable bonds is 12. The van der Waals surface area contributed by atoms with E-state index >= 15 is 0 Å². The Hall–Kier alpha value is -0.241. The maximum atomic E-state index is 4.28. The first-order chi connectivity index (χ1) is 10.7. The molecule has 22 heavy (non-hydrogen) atoms. The molecule has 0 aliphatic carbocycles. The first-order valence-corrected chi connectivity index (χ1v) is 17.1. The Morgan fingerprint density at radius 1 is 0.864 bits per heavy atom. The fourth-order valence-electron chi connectivity index (χ4n) is 3.83. The molecule has 0 spiro atoms. The van der Waals surface area contributed by atoms with Gasteiger partial charge < -0.3 is 0 Å². The van der Waals surface area contributed by atoms with Crippen molar-refractivity contribution in [1.82, 2.24) is 0 Å². The van der Waals surface area contributed by atoms with Gasteiger partial charge in [-0.1, -0.05) is 0 Å². The first-order valence-electron chi connectivity index (χ1n) is 9.41. The molecule has 0 amide bonds. The third-order valence-electron chi connectivity index (χ3n) is 5.14. The van der Waals surface area contributed by atoms with E-state index in [4.69, 9.17) is 0 Å². The normalized spacial score (nSPS) is 13.0. The molecule has 1 unspecified atom stereocenters. The van der Waals surface area contributed by atoms with Gasteiger partial charge in [-0.25, -0.2) is 0 Å². The van der Waals surface area contributed by atoms with E-state index < -0.39 is 18.4 Å². The molecule has 0 nitrogen and oxygen atoms in total. The van der Waals surface area contributed by atoms with Crippen LogP contribution in [0, 0.1) is 0 Å². The number of hydrogen-bond donors (Lipinski definition) is 0. The number of hydrogen-bond acceptors (Lipinski definition) is 0. The fraction of sp³-hybridized carbons (Fsp3) is 0.619. The van der Waals surface area contributed by atoms with E-state index in [9.17, 15) is 0 Å². The Morgan fingerprint density at radius 3 is 1.68 bits per heavy atom. The minimum absolute atomic E-state index is 0.708. The monoisotopic (exact) mass is 408 g/mol. The van der Waals surface area contributed by atoms with Crippen LogP contribution in [0.25, 0.3) is 0 Å². The van der Waals surface area contributed by atoms with Crippen LogP contribution < -0.4 is 0 Å². The van der Waals surface area contributed by atoms with Crippen LogP contribution in [0.2, 0.25) is 13.3 Å². The molecular formula is C21H36Sn. The number of benzene rings is 1. The van der Waals surface area contributed by atoms with Gasteiger partial charge in [0.05, 0.1) is 0 Å². The molecule has 1 rings (SSSR count). The van der Waals surface area contributed by atoms with Crippen LogP contribution in [0.1, 0.15) is 68.8 Å². The minimum atomic E-state index is -2.25. The van der Waals surface area contributed by atoms with Gasteiger partial charge in [-0.3, -0.25) is 0 Å². The maximum absolute atomic E-state index is 4.28. The summed E-state index contributed by atoms with van der Waals surface area (Å²) < 4.78 is 5.37. The van der Waals surface area contributed by atoms with Gasteiger partial charge in [0, 0.05) is 0 Å². The molecule has 0 bridgehead atoms. The summed E-state index contributed by atoms with van der Waals surface area (Å²) >= 11 is -2.25. The molecule has 0 saturated heterocycles. The van der Waals surface area contributed by atoms with Crippen molar-refractivity contribution in [3.05, 3.63) is 48.6 Å². The second-order valence-electron chi connectivity index (χ2n) is 6.80. The Labute approximate surface area is 143 Å². The topological polar surface area (TPSA) is 0 Å². The molecule has 0 fully saturated rings. The van der Waals surface area contributed by atoms with E-state index in [1.54, 1.807) is 18.9 Å². The predicted molar refractivity (Wildman–Crippen MR) is 104 cm³/mol. The van der Waals surface area contributed by atoms with Gasteiger partial charge in [0.2, 0.25) is 0 Å². The van der Waals surface area contributed by atoms with E-state index in [0.717, 1.165) is 0 Å². The van der Waals surface area contributed by atoms with Gasteiger partial charge in [0.1, 0.15) is 0 Å². The SMILES string of the molecule is C=C[CH](c1ccccc1)[Sn]([CH2]CCC)([CH2]CCC)[CH2]CCC. The van der Waals surface area contributed by atoms with Crippen molar-refractivity contribution in [2.24, 2.45) is 0 Å². The second kappa shape index (κ2) is 11.3. The quantitative estimate of drug-likeness (QED) is 0.251. The molecule has 0 saturated carbocycles. The first kappa shape index (κ1) is 19.8. The van der Waals surface area contributed by atoms with Crippen molar-refractivity contribution in [2.45, 2.75) is 76.5 Å². The zero-order chi connectivity index (χ0) is 16.3. The summed E-state index contributed by atoms with van der Waals surface area (Å²) in [6, 6.07) is 11.3. The standard InChI is InChI=1S/C9H9.3C4H9.Sn/c1-2-6-9-7-4-3-5-8-9;3*1-3-4-2;/h2-8H,1H2;3*1,3-4H2,2H3;. The van der Waals surface area contributed by atoms with Crippen molar-refractivity contribution >= 4 is 18.4 Å². The molecule has 0 aliphatic rings. The zero-order valence-electron chi connectivity index (χ0n) is 15.1.